The van der Waals surface area contributed by atoms with Crippen LogP contribution < -0.4 is 18.9 Å². The SMILES string of the molecule is C.COCCCOc1cc(C[C@@H](C[C@H](N=[N+]=[N-])[C@@H](C[C@H](C(=O)O)C(C)C)O[Si](C)(C)C(C)(C)C)C(C)C)ccc1OC.COCCCOc1cc(C[C@@H](C[C@H](N=[N+]=[N-])[C@@H]2C[C@@H](C(C)C)C(=O)O2)C(C)C)ccc1OC. The standard InChI is InChI=1S/C31H55N3O6Si.C25H39N3O5.CH4/c1-21(2)24(17-23-13-14-27(38-9)29(18-23)39-16-12-15-37-8)19-26(33-34-32)28(20-25(22(3)4)30(35)36)40-41(10,11)31(5,6)7;1-16(2)19(14-21(27-28-26)23-15-20(17(3)4)25(29)33-23)12-18-8-9-22(31-6)24(13-18)32-11-7-10-30-5;/h13-14,18,21-22,24-26,28H,12,15-17,19-20H2,1-11H3,(H,35,36);8-9,13,16-17,19-21,23H,7,10-12,14-15H2,1-6H3;1H4/t24-,25-,26-,28+;19-,20-,21-,23-;/m00./s1. The van der Waals surface area contributed by atoms with Crippen LogP contribution in [0.3, 0.4) is 0 Å². The zero-order valence-corrected chi connectivity index (χ0v) is 49.1. The number of ether oxygens (including phenoxy) is 7. The molecule has 17 nitrogen and oxygen atoms in total. The lowest BCUT2D eigenvalue weighted by atomic mass is 9.81. The first kappa shape index (κ1) is 68.3. The molecule has 0 radical (unpaired) electrons. The third-order valence-electron chi connectivity index (χ3n) is 14.9. The fourth-order valence-corrected chi connectivity index (χ4v) is 10.3. The second-order valence-corrected chi connectivity index (χ2v) is 27.5. The zero-order valence-electron chi connectivity index (χ0n) is 48.1. The number of nitrogens with zero attached hydrogens (tertiary/aromatic N) is 6. The summed E-state index contributed by atoms with van der Waals surface area (Å²) in [6.07, 6.45) is 4.39. The number of methoxy groups -OCH3 is 4. The lowest BCUT2D eigenvalue weighted by molar-refractivity contribution is -0.146. The van der Waals surface area contributed by atoms with Gasteiger partial charge in [0.05, 0.1) is 57.5 Å². The largest absolute Gasteiger partial charge is 0.493 e. The number of carbonyl (C=O) groups excluding carboxylic acids is 1. The molecule has 0 saturated carbocycles. The van der Waals surface area contributed by atoms with Crippen molar-refractivity contribution in [3.63, 3.8) is 0 Å². The Morgan fingerprint density at radius 3 is 1.59 bits per heavy atom. The Labute approximate surface area is 452 Å². The van der Waals surface area contributed by atoms with Crippen molar-refractivity contribution in [1.29, 1.82) is 0 Å². The van der Waals surface area contributed by atoms with Crippen LogP contribution in [0.15, 0.2) is 46.6 Å². The predicted molar refractivity (Wildman–Crippen MR) is 301 cm³/mol. The van der Waals surface area contributed by atoms with Gasteiger partial charge in [0.1, 0.15) is 6.10 Å². The Morgan fingerprint density at radius 2 is 1.21 bits per heavy atom. The van der Waals surface area contributed by atoms with E-state index in [0.717, 1.165) is 36.8 Å². The van der Waals surface area contributed by atoms with E-state index >= 15 is 0 Å². The second kappa shape index (κ2) is 34.1. The summed E-state index contributed by atoms with van der Waals surface area (Å²) in [7, 11) is 4.30. The molecular weight excluding hydrogens is 973 g/mol. The quantitative estimate of drug-likeness (QED) is 0.0177. The molecule has 18 heteroatoms. The van der Waals surface area contributed by atoms with E-state index < -0.39 is 32.4 Å². The number of carboxylic acid groups (broad SMARTS) is 1. The van der Waals surface area contributed by atoms with Gasteiger partial charge in [-0.3, -0.25) is 9.59 Å². The molecule has 426 valence electrons. The predicted octanol–water partition coefficient (Wildman–Crippen LogP) is 14.3. The molecule has 0 aliphatic carbocycles. The molecule has 3 rings (SSSR count). The minimum atomic E-state index is -2.30. The van der Waals surface area contributed by atoms with Crippen LogP contribution in [0, 0.1) is 47.3 Å². The van der Waals surface area contributed by atoms with E-state index in [1.807, 2.05) is 64.1 Å². The van der Waals surface area contributed by atoms with Crippen LogP contribution in [0.1, 0.15) is 133 Å². The van der Waals surface area contributed by atoms with Gasteiger partial charge in [0, 0.05) is 50.1 Å². The Hall–Kier alpha value is -4.70. The lowest BCUT2D eigenvalue weighted by Gasteiger charge is -2.42. The highest BCUT2D eigenvalue weighted by molar-refractivity contribution is 6.74. The van der Waals surface area contributed by atoms with Crippen LogP contribution in [0.5, 0.6) is 23.0 Å². The van der Waals surface area contributed by atoms with E-state index in [1.54, 1.807) is 28.4 Å². The Kier molecular flexibility index (Phi) is 31.1. The van der Waals surface area contributed by atoms with Crippen molar-refractivity contribution in [1.82, 2.24) is 0 Å². The van der Waals surface area contributed by atoms with Crippen molar-refractivity contribution in [2.75, 3.05) is 54.9 Å². The third kappa shape index (κ3) is 22.8. The van der Waals surface area contributed by atoms with Gasteiger partial charge in [-0.25, -0.2) is 0 Å². The van der Waals surface area contributed by atoms with Gasteiger partial charge < -0.3 is 42.7 Å². The van der Waals surface area contributed by atoms with Crippen molar-refractivity contribution in [3.05, 3.63) is 68.4 Å². The zero-order chi connectivity index (χ0) is 55.8. The molecule has 0 unspecified atom stereocenters. The van der Waals surface area contributed by atoms with Gasteiger partial charge in [0.15, 0.2) is 31.3 Å². The van der Waals surface area contributed by atoms with E-state index in [-0.39, 0.29) is 66.1 Å². The molecule has 1 saturated heterocycles. The summed E-state index contributed by atoms with van der Waals surface area (Å²) in [5, 5.41) is 18.2. The summed E-state index contributed by atoms with van der Waals surface area (Å²) in [6, 6.07) is 11.1. The van der Waals surface area contributed by atoms with Crippen LogP contribution in [-0.4, -0.2) is 105 Å². The molecule has 1 aliphatic heterocycles. The van der Waals surface area contributed by atoms with E-state index in [4.69, 9.17) is 37.6 Å². The number of benzene rings is 2. The number of azide groups is 2. The lowest BCUT2D eigenvalue weighted by Crippen LogP contribution is -2.48. The number of rotatable bonds is 33. The number of carbonyl (C=O) groups is 2. The normalized spacial score (nSPS) is 17.1. The summed E-state index contributed by atoms with van der Waals surface area (Å²) in [5.74, 6) is 2.18. The molecule has 1 heterocycles. The molecule has 0 spiro atoms. The van der Waals surface area contributed by atoms with Gasteiger partial charge in [0.25, 0.3) is 0 Å². The number of carboxylic acids is 1. The van der Waals surface area contributed by atoms with E-state index in [9.17, 15) is 25.8 Å². The van der Waals surface area contributed by atoms with Crippen LogP contribution in [0.2, 0.25) is 18.1 Å². The molecule has 0 bridgehead atoms. The van der Waals surface area contributed by atoms with Crippen molar-refractivity contribution < 1.29 is 52.3 Å². The first-order valence-corrected chi connectivity index (χ1v) is 29.6. The molecular formula is C57H98N6O11Si. The minimum Gasteiger partial charge on any atom is -0.493 e. The van der Waals surface area contributed by atoms with E-state index in [1.165, 1.54) is 0 Å². The number of cyclic esters (lactones) is 1. The highest BCUT2D eigenvalue weighted by Crippen LogP contribution is 2.41. The van der Waals surface area contributed by atoms with Gasteiger partial charge in [-0.2, -0.15) is 0 Å². The summed E-state index contributed by atoms with van der Waals surface area (Å²) < 4.78 is 45.6. The van der Waals surface area contributed by atoms with Crippen LogP contribution in [-0.2, 0) is 41.1 Å². The fourth-order valence-electron chi connectivity index (χ4n) is 8.94. The van der Waals surface area contributed by atoms with Gasteiger partial charge in [-0.05, 0) is 139 Å². The van der Waals surface area contributed by atoms with E-state index in [0.29, 0.717) is 81.0 Å². The third-order valence-corrected chi connectivity index (χ3v) is 19.4. The Balaban J connectivity index is 0.000000756. The summed E-state index contributed by atoms with van der Waals surface area (Å²) in [4.78, 5) is 30.8. The summed E-state index contributed by atoms with van der Waals surface area (Å²) in [5.41, 5.74) is 21.0. The molecule has 2 aromatic carbocycles. The molecule has 1 aliphatic rings. The maximum absolute atomic E-state index is 12.3. The average Bonchev–Trinajstić information content (AvgIpc) is 3.73. The van der Waals surface area contributed by atoms with Crippen LogP contribution >= 0.6 is 0 Å². The molecule has 8 atom stereocenters. The van der Waals surface area contributed by atoms with Crippen LogP contribution in [0.4, 0.5) is 0 Å². The van der Waals surface area contributed by atoms with Crippen LogP contribution in [0.25, 0.3) is 20.9 Å². The number of hydrogen-bond donors (Lipinski definition) is 1. The molecule has 2 aromatic rings. The number of aliphatic carboxylic acids is 1. The average molecular weight is 1070 g/mol. The number of hydrogen-bond acceptors (Lipinski definition) is 12. The van der Waals surface area contributed by atoms with Crippen molar-refractivity contribution in [2.24, 2.45) is 57.6 Å². The topological polar surface area (TPSA) is 226 Å². The second-order valence-electron chi connectivity index (χ2n) is 22.7. The molecule has 0 aromatic heterocycles. The highest BCUT2D eigenvalue weighted by atomic mass is 28.4. The smallest absolute Gasteiger partial charge is 0.309 e. The first-order chi connectivity index (χ1) is 34.9. The first-order valence-electron chi connectivity index (χ1n) is 26.6. The molecule has 0 amide bonds. The minimum absolute atomic E-state index is 0. The monoisotopic (exact) mass is 1070 g/mol. The maximum Gasteiger partial charge on any atom is 0.309 e. The summed E-state index contributed by atoms with van der Waals surface area (Å²) >= 11 is 0. The van der Waals surface area contributed by atoms with Crippen molar-refractivity contribution >= 4 is 20.3 Å². The molecule has 75 heavy (non-hydrogen) atoms. The summed E-state index contributed by atoms with van der Waals surface area (Å²) in [6.45, 7) is 29.7. The Morgan fingerprint density at radius 1 is 0.733 bits per heavy atom. The number of esters is 1. The molecule has 1 N–H and O–H groups in total. The van der Waals surface area contributed by atoms with Crippen molar-refractivity contribution in [3.8, 4) is 23.0 Å². The van der Waals surface area contributed by atoms with Gasteiger partial charge in [0.2, 0.25) is 0 Å². The maximum atomic E-state index is 12.3. The fraction of sp³-hybridized carbons (Fsp3) is 0.754. The highest BCUT2D eigenvalue weighted by Gasteiger charge is 2.43. The van der Waals surface area contributed by atoms with E-state index in [2.05, 4.69) is 81.6 Å². The van der Waals surface area contributed by atoms with Gasteiger partial charge >= 0.3 is 11.9 Å². The van der Waals surface area contributed by atoms with Gasteiger partial charge in [-0.15, -0.1) is 0 Å². The Bertz CT molecular complexity index is 2090. The van der Waals surface area contributed by atoms with Gasteiger partial charge in [-0.1, -0.05) is 106 Å². The molecule has 1 fully saturated rings. The van der Waals surface area contributed by atoms with Crippen molar-refractivity contribution in [2.45, 2.75) is 177 Å².